The van der Waals surface area contributed by atoms with E-state index in [0.717, 1.165) is 44.3 Å². The lowest BCUT2D eigenvalue weighted by Gasteiger charge is -2.25. The van der Waals surface area contributed by atoms with Crippen molar-refractivity contribution in [2.45, 2.75) is 33.2 Å². The van der Waals surface area contributed by atoms with Crippen molar-refractivity contribution in [3.8, 4) is 0 Å². The topological polar surface area (TPSA) is 52.8 Å². The largest absolute Gasteiger partial charge is 0.469 e. The van der Waals surface area contributed by atoms with Crippen molar-refractivity contribution in [3.63, 3.8) is 0 Å². The molecule has 2 N–H and O–H groups in total. The van der Waals surface area contributed by atoms with Crippen LogP contribution in [-0.4, -0.2) is 50.1 Å². The second kappa shape index (κ2) is 9.42. The Hall–Kier alpha value is -1.49. The van der Waals surface area contributed by atoms with Crippen molar-refractivity contribution in [1.29, 1.82) is 0 Å². The summed E-state index contributed by atoms with van der Waals surface area (Å²) < 4.78 is 5.30. The first-order valence-electron chi connectivity index (χ1n) is 7.38. The SMILES string of the molecule is CCN(CCNC(=NC)NCCc1ccco1)C(C)C. The highest BCUT2D eigenvalue weighted by Crippen LogP contribution is 1.99. The van der Waals surface area contributed by atoms with Crippen LogP contribution < -0.4 is 10.6 Å². The van der Waals surface area contributed by atoms with E-state index in [-0.39, 0.29) is 0 Å². The van der Waals surface area contributed by atoms with Crippen molar-refractivity contribution in [2.24, 2.45) is 4.99 Å². The third-order valence-electron chi connectivity index (χ3n) is 3.30. The molecule has 0 amide bonds. The molecule has 0 aliphatic rings. The standard InChI is InChI=1S/C15H28N4O/c1-5-19(13(2)3)11-10-18-15(16-4)17-9-8-14-7-6-12-20-14/h6-7,12-13H,5,8-11H2,1-4H3,(H2,16,17,18). The highest BCUT2D eigenvalue weighted by molar-refractivity contribution is 5.79. The van der Waals surface area contributed by atoms with Crippen molar-refractivity contribution >= 4 is 5.96 Å². The third kappa shape index (κ3) is 6.10. The summed E-state index contributed by atoms with van der Waals surface area (Å²) in [6.07, 6.45) is 2.56. The van der Waals surface area contributed by atoms with Gasteiger partial charge >= 0.3 is 0 Å². The summed E-state index contributed by atoms with van der Waals surface area (Å²) in [6, 6.07) is 4.48. The van der Waals surface area contributed by atoms with E-state index < -0.39 is 0 Å². The molecular weight excluding hydrogens is 252 g/mol. The van der Waals surface area contributed by atoms with Crippen molar-refractivity contribution < 1.29 is 4.42 Å². The minimum absolute atomic E-state index is 0.579. The lowest BCUT2D eigenvalue weighted by molar-refractivity contribution is 0.237. The number of aliphatic imine (C=N–C) groups is 1. The van der Waals surface area contributed by atoms with Gasteiger partial charge in [0.1, 0.15) is 5.76 Å². The lowest BCUT2D eigenvalue weighted by Crippen LogP contribution is -2.43. The quantitative estimate of drug-likeness (QED) is 0.562. The van der Waals surface area contributed by atoms with E-state index in [1.165, 1.54) is 0 Å². The van der Waals surface area contributed by atoms with Gasteiger partial charge in [-0.3, -0.25) is 9.89 Å². The number of furan rings is 1. The van der Waals surface area contributed by atoms with E-state index >= 15 is 0 Å². The molecule has 0 unspecified atom stereocenters. The van der Waals surface area contributed by atoms with E-state index in [1.54, 1.807) is 13.3 Å². The molecule has 0 bridgehead atoms. The monoisotopic (exact) mass is 280 g/mol. The number of guanidine groups is 1. The van der Waals surface area contributed by atoms with E-state index in [1.807, 2.05) is 12.1 Å². The predicted octanol–water partition coefficient (Wildman–Crippen LogP) is 1.72. The minimum Gasteiger partial charge on any atom is -0.469 e. The van der Waals surface area contributed by atoms with Gasteiger partial charge < -0.3 is 15.1 Å². The van der Waals surface area contributed by atoms with E-state index in [2.05, 4.69) is 41.3 Å². The number of rotatable bonds is 8. The van der Waals surface area contributed by atoms with Crippen LogP contribution in [0.2, 0.25) is 0 Å². The fourth-order valence-electron chi connectivity index (χ4n) is 2.08. The fourth-order valence-corrected chi connectivity index (χ4v) is 2.08. The van der Waals surface area contributed by atoms with Crippen LogP contribution in [0.25, 0.3) is 0 Å². The smallest absolute Gasteiger partial charge is 0.191 e. The number of nitrogens with zero attached hydrogens (tertiary/aromatic N) is 2. The molecule has 20 heavy (non-hydrogen) atoms. The maximum Gasteiger partial charge on any atom is 0.191 e. The number of nitrogens with one attached hydrogen (secondary N) is 2. The normalized spacial score (nSPS) is 12.2. The number of likely N-dealkylation sites (N-methyl/N-ethyl adjacent to an activating group) is 1. The molecule has 0 atom stereocenters. The Balaban J connectivity index is 2.19. The van der Waals surface area contributed by atoms with Crippen LogP contribution in [0, 0.1) is 0 Å². The minimum atomic E-state index is 0.579. The lowest BCUT2D eigenvalue weighted by atomic mass is 10.3. The Morgan fingerprint density at radius 2 is 2.10 bits per heavy atom. The van der Waals surface area contributed by atoms with Gasteiger partial charge in [0.2, 0.25) is 0 Å². The highest BCUT2D eigenvalue weighted by atomic mass is 16.3. The van der Waals surface area contributed by atoms with Gasteiger partial charge in [0.25, 0.3) is 0 Å². The molecule has 1 aromatic heterocycles. The van der Waals surface area contributed by atoms with Crippen LogP contribution in [0.4, 0.5) is 0 Å². The van der Waals surface area contributed by atoms with Gasteiger partial charge in [-0.2, -0.15) is 0 Å². The van der Waals surface area contributed by atoms with Gasteiger partial charge in [-0.25, -0.2) is 0 Å². The Labute approximate surface area is 122 Å². The molecule has 0 spiro atoms. The van der Waals surface area contributed by atoms with Gasteiger partial charge in [0.15, 0.2) is 5.96 Å². The molecule has 5 nitrogen and oxygen atoms in total. The highest BCUT2D eigenvalue weighted by Gasteiger charge is 2.06. The molecular formula is C15H28N4O. The molecule has 5 heteroatoms. The molecule has 1 rings (SSSR count). The molecule has 0 aliphatic carbocycles. The van der Waals surface area contributed by atoms with Crippen LogP contribution in [-0.2, 0) is 6.42 Å². The molecule has 1 aromatic rings. The summed E-state index contributed by atoms with van der Waals surface area (Å²) in [5, 5.41) is 6.62. The summed E-state index contributed by atoms with van der Waals surface area (Å²) in [4.78, 5) is 6.64. The number of hydrogen-bond donors (Lipinski definition) is 2. The molecule has 0 saturated carbocycles. The molecule has 0 saturated heterocycles. The van der Waals surface area contributed by atoms with Crippen molar-refractivity contribution in [3.05, 3.63) is 24.2 Å². The van der Waals surface area contributed by atoms with E-state index in [0.29, 0.717) is 6.04 Å². The Morgan fingerprint density at radius 3 is 2.65 bits per heavy atom. The Kier molecular flexibility index (Phi) is 7.80. The first kappa shape index (κ1) is 16.6. The Morgan fingerprint density at radius 1 is 1.35 bits per heavy atom. The second-order valence-corrected chi connectivity index (χ2v) is 4.98. The van der Waals surface area contributed by atoms with Crippen LogP contribution in [0.15, 0.2) is 27.8 Å². The Bertz CT molecular complexity index is 373. The first-order valence-corrected chi connectivity index (χ1v) is 7.38. The van der Waals surface area contributed by atoms with E-state index in [9.17, 15) is 0 Å². The van der Waals surface area contributed by atoms with Crippen LogP contribution in [0.5, 0.6) is 0 Å². The third-order valence-corrected chi connectivity index (χ3v) is 3.30. The first-order chi connectivity index (χ1) is 9.67. The van der Waals surface area contributed by atoms with E-state index in [4.69, 9.17) is 4.42 Å². The van der Waals surface area contributed by atoms with Crippen molar-refractivity contribution in [2.75, 3.05) is 33.2 Å². The van der Waals surface area contributed by atoms with Crippen LogP contribution in [0.3, 0.4) is 0 Å². The van der Waals surface area contributed by atoms with Gasteiger partial charge in [-0.1, -0.05) is 6.92 Å². The van der Waals surface area contributed by atoms with Crippen LogP contribution in [0.1, 0.15) is 26.5 Å². The summed E-state index contributed by atoms with van der Waals surface area (Å²) in [7, 11) is 1.79. The van der Waals surface area contributed by atoms with Crippen LogP contribution >= 0.6 is 0 Å². The fraction of sp³-hybridized carbons (Fsp3) is 0.667. The van der Waals surface area contributed by atoms with Gasteiger partial charge in [-0.15, -0.1) is 0 Å². The zero-order chi connectivity index (χ0) is 14.8. The van der Waals surface area contributed by atoms with Gasteiger partial charge in [0.05, 0.1) is 6.26 Å². The van der Waals surface area contributed by atoms with Crippen molar-refractivity contribution in [1.82, 2.24) is 15.5 Å². The molecule has 0 aliphatic heterocycles. The zero-order valence-corrected chi connectivity index (χ0v) is 13.1. The summed E-state index contributed by atoms with van der Waals surface area (Å²) in [5.74, 6) is 1.83. The maximum atomic E-state index is 5.30. The molecule has 0 radical (unpaired) electrons. The summed E-state index contributed by atoms with van der Waals surface area (Å²) in [6.45, 7) is 10.4. The predicted molar refractivity (Wildman–Crippen MR) is 84.2 cm³/mol. The average Bonchev–Trinajstić information content (AvgIpc) is 2.94. The van der Waals surface area contributed by atoms with Gasteiger partial charge in [-0.05, 0) is 32.5 Å². The molecule has 0 aromatic carbocycles. The average molecular weight is 280 g/mol. The maximum absolute atomic E-state index is 5.30. The summed E-state index contributed by atoms with van der Waals surface area (Å²) in [5.41, 5.74) is 0. The second-order valence-electron chi connectivity index (χ2n) is 4.98. The van der Waals surface area contributed by atoms with Gasteiger partial charge in [0, 0.05) is 39.1 Å². The summed E-state index contributed by atoms with van der Waals surface area (Å²) >= 11 is 0. The molecule has 1 heterocycles. The molecule has 114 valence electrons. The zero-order valence-electron chi connectivity index (χ0n) is 13.1. The molecule has 0 fully saturated rings. The number of hydrogen-bond acceptors (Lipinski definition) is 3.